The first-order valence-electron chi connectivity index (χ1n) is 20.2. The van der Waals surface area contributed by atoms with E-state index in [0.717, 1.165) is 16.5 Å². The molecule has 6 N–H and O–H groups in total. The monoisotopic (exact) mass is 892 g/mol. The van der Waals surface area contributed by atoms with Gasteiger partial charge in [0.05, 0.1) is 48.8 Å². The number of aliphatic hydroxyl groups excluding tert-OH is 1. The molecule has 2 aliphatic heterocycles. The summed E-state index contributed by atoms with van der Waals surface area (Å²) >= 11 is 0. The van der Waals surface area contributed by atoms with Gasteiger partial charge in [0.15, 0.2) is 5.60 Å². The summed E-state index contributed by atoms with van der Waals surface area (Å²) in [7, 11) is -7.64. The Kier molecular flexibility index (Phi) is 14.7. The fourth-order valence-electron chi connectivity index (χ4n) is 7.31. The number of hydrogen-bond donors (Lipinski definition) is 6. The molecule has 0 bridgehead atoms. The molecule has 4 heterocycles. The molecule has 0 saturated carbocycles. The van der Waals surface area contributed by atoms with Gasteiger partial charge in [0.2, 0.25) is 5.91 Å². The van der Waals surface area contributed by atoms with Crippen LogP contribution in [-0.4, -0.2) is 77.0 Å². The van der Waals surface area contributed by atoms with Gasteiger partial charge in [-0.15, -0.1) is 6.42 Å². The zero-order chi connectivity index (χ0) is 44.7. The van der Waals surface area contributed by atoms with Crippen molar-refractivity contribution in [3.63, 3.8) is 0 Å². The largest absolute Gasteiger partial charge is 0.458 e. The van der Waals surface area contributed by atoms with Crippen molar-refractivity contribution in [2.24, 2.45) is 0 Å². The molecule has 2 aromatic carbocycles. The number of fused-ring (bicyclic) bond motifs is 5. The molecule has 0 aliphatic carbocycles. The van der Waals surface area contributed by atoms with Crippen LogP contribution in [0.3, 0.4) is 0 Å². The molecular weight excluding hydrogens is 842 g/mol. The van der Waals surface area contributed by atoms with Gasteiger partial charge in [0.1, 0.15) is 12.4 Å². The van der Waals surface area contributed by atoms with E-state index in [1.807, 2.05) is 6.92 Å². The molecule has 2 unspecified atom stereocenters. The van der Waals surface area contributed by atoms with Gasteiger partial charge in [-0.2, -0.15) is 0 Å². The number of anilines is 1. The Labute approximate surface area is 358 Å². The van der Waals surface area contributed by atoms with Crippen LogP contribution in [0.1, 0.15) is 79.1 Å². The molecule has 20 heteroatoms. The lowest BCUT2D eigenvalue weighted by Crippen LogP contribution is -2.44. The average Bonchev–Trinajstić information content (AvgIpc) is 3.63. The van der Waals surface area contributed by atoms with E-state index in [1.54, 1.807) is 47.9 Å². The highest BCUT2D eigenvalue weighted by Crippen LogP contribution is 2.47. The van der Waals surface area contributed by atoms with Crippen LogP contribution in [0.25, 0.3) is 22.3 Å². The number of ether oxygens (including phenoxy) is 1. The summed E-state index contributed by atoms with van der Waals surface area (Å²) in [5.41, 5.74) is 4.32. The minimum atomic E-state index is -4.00. The maximum absolute atomic E-state index is 14.1. The number of aromatic nitrogens is 2. The smallest absolute Gasteiger partial charge is 0.458 e. The molecule has 2 amide bonds. The molecule has 0 fully saturated rings. The Bertz CT molecular complexity index is 2560. The van der Waals surface area contributed by atoms with Crippen molar-refractivity contribution >= 4 is 49.6 Å². The third-order valence-electron chi connectivity index (χ3n) is 10.5. The summed E-state index contributed by atoms with van der Waals surface area (Å²) < 4.78 is 50.4. The fraction of sp³-hybridized carbons (Fsp3) is 0.405. The summed E-state index contributed by atoms with van der Waals surface area (Å²) in [6, 6.07) is 12.9. The molecule has 62 heavy (non-hydrogen) atoms. The highest BCUT2D eigenvalue weighted by Gasteiger charge is 2.45. The summed E-state index contributed by atoms with van der Waals surface area (Å²) in [6.07, 6.45) is 7.60. The maximum Gasteiger partial charge on any atom is 0.458 e. The second-order valence-electron chi connectivity index (χ2n) is 14.6. The standard InChI is InChI=1S/C42H50N6O12P2/c1-5-31-32-23-30(15-16-36(32)46-38-33(31)25-48-37(38)24-35-34(40(48)52)26-57-41(53)42(35,54)6-2)60-62(56,45-19-18-43-27(4)50)59-21-10-8-9-17-44-39(51)28-11-13-29(14-12-28)47-61(55,7-3)58-22-20-49/h3,11-16,23-24,49,54H,5-6,8-10,17-22,25-26H2,1-2,4H3,(H,43,50)(H,44,51)(H,45,56)(H,47,55)/t42-,61?,62?/m0/s1. The molecule has 0 saturated heterocycles. The zero-order valence-electron chi connectivity index (χ0n) is 34.7. The maximum atomic E-state index is 14.1. The first-order chi connectivity index (χ1) is 29.7. The number of amides is 2. The van der Waals surface area contributed by atoms with Gasteiger partial charge in [0.25, 0.3) is 11.5 Å². The van der Waals surface area contributed by atoms with Crippen LogP contribution in [0.15, 0.2) is 53.3 Å². The Morgan fingerprint density at radius 2 is 1.76 bits per heavy atom. The van der Waals surface area contributed by atoms with Gasteiger partial charge in [0, 0.05) is 60.0 Å². The van der Waals surface area contributed by atoms with E-state index in [9.17, 15) is 33.4 Å². The number of benzene rings is 2. The first kappa shape index (κ1) is 46.1. The molecule has 18 nitrogen and oxygen atoms in total. The molecule has 6 rings (SSSR count). The van der Waals surface area contributed by atoms with Crippen LogP contribution >= 0.6 is 15.3 Å². The van der Waals surface area contributed by atoms with E-state index in [4.69, 9.17) is 34.8 Å². The minimum Gasteiger partial charge on any atom is -0.458 e. The van der Waals surface area contributed by atoms with Crippen molar-refractivity contribution in [3.8, 4) is 29.2 Å². The predicted octanol–water partition coefficient (Wildman–Crippen LogP) is 4.68. The molecule has 2 aliphatic rings. The normalized spacial score (nSPS) is 17.1. The summed E-state index contributed by atoms with van der Waals surface area (Å²) in [5.74, 6) is -1.13. The Morgan fingerprint density at radius 3 is 2.45 bits per heavy atom. The highest BCUT2D eigenvalue weighted by molar-refractivity contribution is 7.65. The average molecular weight is 893 g/mol. The predicted molar refractivity (Wildman–Crippen MR) is 231 cm³/mol. The number of terminal acetylenes is 1. The first-order valence-corrected chi connectivity index (χ1v) is 23.4. The number of carbonyl (C=O) groups excluding carboxylic acids is 3. The number of nitrogens with zero attached hydrogens (tertiary/aromatic N) is 2. The van der Waals surface area contributed by atoms with Crippen LogP contribution in [0.4, 0.5) is 5.69 Å². The Hall–Kier alpha value is -5.37. The van der Waals surface area contributed by atoms with Crippen LogP contribution < -0.4 is 30.9 Å². The number of esters is 1. The van der Waals surface area contributed by atoms with E-state index in [0.29, 0.717) is 60.4 Å². The summed E-state index contributed by atoms with van der Waals surface area (Å²) in [6.45, 7) is 5.11. The van der Waals surface area contributed by atoms with Crippen LogP contribution in [0, 0.1) is 12.1 Å². The number of nitrogens with one attached hydrogen (secondary N) is 4. The van der Waals surface area contributed by atoms with E-state index in [-0.39, 0.29) is 86.7 Å². The van der Waals surface area contributed by atoms with Gasteiger partial charge in [-0.1, -0.05) is 13.8 Å². The second kappa shape index (κ2) is 19.8. The van der Waals surface area contributed by atoms with Crippen molar-refractivity contribution in [2.45, 2.75) is 71.6 Å². The number of unbranched alkanes of at least 4 members (excludes halogenated alkanes) is 2. The Balaban J connectivity index is 1.09. The lowest BCUT2D eigenvalue weighted by atomic mass is 9.86. The van der Waals surface area contributed by atoms with Gasteiger partial charge in [-0.05, 0) is 86.2 Å². The topological polar surface area (TPSA) is 246 Å². The quantitative estimate of drug-likeness (QED) is 0.0254. The molecular formula is C42H50N6O12P2. The molecule has 2 aromatic heterocycles. The number of carbonyl (C=O) groups is 3. The van der Waals surface area contributed by atoms with Gasteiger partial charge >= 0.3 is 21.2 Å². The molecule has 0 spiro atoms. The van der Waals surface area contributed by atoms with E-state index < -0.39 is 26.8 Å². The SMILES string of the molecule is C#CP(=O)(Nc1ccc(C(=O)NCCCCCOP(=O)(NCCNC(C)=O)Oc2ccc3nc4c(c(CC)c3c2)Cn2c-4cc3c(c2=O)COC(=O)[C@]3(O)CC)cc1)OCCO. The van der Waals surface area contributed by atoms with Crippen molar-refractivity contribution in [1.29, 1.82) is 0 Å². The zero-order valence-corrected chi connectivity index (χ0v) is 36.4. The van der Waals surface area contributed by atoms with Crippen LogP contribution in [0.2, 0.25) is 0 Å². The Morgan fingerprint density at radius 1 is 0.984 bits per heavy atom. The lowest BCUT2D eigenvalue weighted by Gasteiger charge is -2.31. The van der Waals surface area contributed by atoms with Crippen molar-refractivity contribution < 1.29 is 52.0 Å². The molecule has 3 atom stereocenters. The molecule has 4 aromatic rings. The van der Waals surface area contributed by atoms with Gasteiger partial charge in [-0.3, -0.25) is 23.5 Å². The van der Waals surface area contributed by atoms with Gasteiger partial charge < -0.3 is 44.3 Å². The third kappa shape index (κ3) is 10.1. The fourth-order valence-corrected chi connectivity index (χ4v) is 9.69. The summed E-state index contributed by atoms with van der Waals surface area (Å²) in [4.78, 5) is 55.5. The van der Waals surface area contributed by atoms with E-state index >= 15 is 0 Å². The van der Waals surface area contributed by atoms with E-state index in [2.05, 4.69) is 26.5 Å². The molecule has 330 valence electrons. The minimum absolute atomic E-state index is 0.0303. The van der Waals surface area contributed by atoms with Crippen molar-refractivity contribution in [2.75, 3.05) is 44.5 Å². The number of pyridine rings is 2. The number of aryl methyl sites for hydroxylation is 1. The number of rotatable bonds is 21. The number of aliphatic hydroxyl groups is 2. The second-order valence-corrected chi connectivity index (χ2v) is 18.2. The molecule has 0 radical (unpaired) electrons. The van der Waals surface area contributed by atoms with Crippen molar-refractivity contribution in [3.05, 3.63) is 86.7 Å². The highest BCUT2D eigenvalue weighted by atomic mass is 31.2. The van der Waals surface area contributed by atoms with E-state index in [1.165, 1.54) is 19.1 Å². The van der Waals surface area contributed by atoms with Crippen LogP contribution in [-0.2, 0) is 57.7 Å². The number of cyclic esters (lactones) is 1. The third-order valence-corrected chi connectivity index (χ3v) is 13.5. The van der Waals surface area contributed by atoms with Crippen LogP contribution in [0.5, 0.6) is 5.75 Å². The van der Waals surface area contributed by atoms with Gasteiger partial charge in [-0.25, -0.2) is 19.4 Å². The lowest BCUT2D eigenvalue weighted by molar-refractivity contribution is -0.172. The number of hydrogen-bond acceptors (Lipinski definition) is 13. The van der Waals surface area contributed by atoms with Crippen molar-refractivity contribution in [1.82, 2.24) is 25.3 Å². The summed E-state index contributed by atoms with van der Waals surface area (Å²) in [5, 5.41) is 31.8.